The van der Waals surface area contributed by atoms with Crippen LogP contribution in [-0.2, 0) is 4.79 Å². The van der Waals surface area contributed by atoms with E-state index in [1.165, 1.54) is 12.1 Å². The van der Waals surface area contributed by atoms with Gasteiger partial charge in [-0.1, -0.05) is 0 Å². The molecule has 18 heavy (non-hydrogen) atoms. The molecule has 1 saturated heterocycles. The number of amides is 1. The van der Waals surface area contributed by atoms with Crippen LogP contribution in [0.25, 0.3) is 0 Å². The number of likely N-dealkylation sites (N-methyl/N-ethyl adjacent to an activating group) is 1. The molecule has 1 aromatic rings. The smallest absolute Gasteiger partial charge is 0.243 e. The third kappa shape index (κ3) is 2.88. The topological polar surface area (TPSA) is 32.3 Å². The second-order valence-corrected chi connectivity index (χ2v) is 4.92. The Morgan fingerprint density at radius 3 is 2.61 bits per heavy atom. The van der Waals surface area contributed by atoms with Crippen LogP contribution in [0.3, 0.4) is 0 Å². The Kier molecular flexibility index (Phi) is 3.97. The molecule has 1 heterocycles. The molecular formula is C14H19FN2O. The lowest BCUT2D eigenvalue weighted by molar-refractivity contribution is -0.121. The summed E-state index contributed by atoms with van der Waals surface area (Å²) < 4.78 is 12.8. The summed E-state index contributed by atoms with van der Waals surface area (Å²) in [7, 11) is 1.73. The monoisotopic (exact) mass is 250 g/mol. The summed E-state index contributed by atoms with van der Waals surface area (Å²) in [6, 6.07) is 6.25. The van der Waals surface area contributed by atoms with Gasteiger partial charge in [-0.3, -0.25) is 4.79 Å². The van der Waals surface area contributed by atoms with Gasteiger partial charge in [0, 0.05) is 18.8 Å². The van der Waals surface area contributed by atoms with E-state index in [4.69, 9.17) is 0 Å². The number of carbonyl (C=O) groups excluding carboxylic acids is 1. The zero-order valence-electron chi connectivity index (χ0n) is 10.8. The molecule has 1 aliphatic heterocycles. The molecule has 1 aromatic carbocycles. The van der Waals surface area contributed by atoms with E-state index in [1.807, 2.05) is 0 Å². The van der Waals surface area contributed by atoms with Gasteiger partial charge in [-0.2, -0.15) is 0 Å². The molecule has 0 radical (unpaired) electrons. The number of nitrogens with zero attached hydrogens (tertiary/aromatic N) is 1. The molecule has 98 valence electrons. The molecule has 0 saturated carbocycles. The first kappa shape index (κ1) is 13.0. The van der Waals surface area contributed by atoms with Crippen molar-refractivity contribution in [1.29, 1.82) is 0 Å². The molecule has 2 unspecified atom stereocenters. The zero-order chi connectivity index (χ0) is 13.1. The first-order chi connectivity index (χ1) is 8.58. The number of anilines is 1. The van der Waals surface area contributed by atoms with Gasteiger partial charge in [0.2, 0.25) is 5.91 Å². The average Bonchev–Trinajstić information content (AvgIpc) is 2.38. The number of hydrogen-bond donors (Lipinski definition) is 1. The second-order valence-electron chi connectivity index (χ2n) is 4.92. The highest BCUT2D eigenvalue weighted by molar-refractivity contribution is 5.96. The fourth-order valence-corrected chi connectivity index (χ4v) is 2.36. The second kappa shape index (κ2) is 5.48. The molecule has 1 amide bonds. The van der Waals surface area contributed by atoms with Crippen LogP contribution in [0.1, 0.15) is 26.2 Å². The van der Waals surface area contributed by atoms with Crippen molar-refractivity contribution < 1.29 is 9.18 Å². The van der Waals surface area contributed by atoms with Gasteiger partial charge in [-0.15, -0.1) is 0 Å². The molecule has 3 nitrogen and oxygen atoms in total. The minimum atomic E-state index is -0.288. The molecular weight excluding hydrogens is 231 g/mol. The molecule has 1 fully saturated rings. The summed E-state index contributed by atoms with van der Waals surface area (Å²) >= 11 is 0. The lowest BCUT2D eigenvalue weighted by Crippen LogP contribution is -2.50. The van der Waals surface area contributed by atoms with Crippen LogP contribution in [0.2, 0.25) is 0 Å². The molecule has 1 N–H and O–H groups in total. The summed E-state index contributed by atoms with van der Waals surface area (Å²) in [6.45, 7) is 2.09. The number of piperidine rings is 1. The first-order valence-corrected chi connectivity index (χ1v) is 6.37. The Hall–Kier alpha value is -1.42. The summed E-state index contributed by atoms with van der Waals surface area (Å²) in [5.41, 5.74) is 0.724. The minimum absolute atomic E-state index is 0.0492. The Morgan fingerprint density at radius 1 is 1.33 bits per heavy atom. The fourth-order valence-electron chi connectivity index (χ4n) is 2.36. The summed E-state index contributed by atoms with van der Waals surface area (Å²) in [4.78, 5) is 13.9. The molecule has 0 spiro atoms. The molecule has 0 aromatic heterocycles. The van der Waals surface area contributed by atoms with Crippen LogP contribution in [0.5, 0.6) is 0 Å². The maximum absolute atomic E-state index is 12.8. The van der Waals surface area contributed by atoms with Gasteiger partial charge < -0.3 is 10.2 Å². The SMILES string of the molecule is CC1CCCC(C(=O)N(C)c2ccc(F)cc2)N1. The summed E-state index contributed by atoms with van der Waals surface area (Å²) in [5, 5.41) is 3.31. The average molecular weight is 250 g/mol. The number of halogens is 1. The Bertz CT molecular complexity index is 418. The van der Waals surface area contributed by atoms with E-state index in [9.17, 15) is 9.18 Å². The van der Waals surface area contributed by atoms with Crippen LogP contribution in [0.4, 0.5) is 10.1 Å². The zero-order valence-corrected chi connectivity index (χ0v) is 10.8. The van der Waals surface area contributed by atoms with Gasteiger partial charge in [0.1, 0.15) is 5.82 Å². The van der Waals surface area contributed by atoms with Gasteiger partial charge in [-0.25, -0.2) is 4.39 Å². The quantitative estimate of drug-likeness (QED) is 0.873. The third-order valence-electron chi connectivity index (χ3n) is 3.46. The fraction of sp³-hybridized carbons (Fsp3) is 0.500. The van der Waals surface area contributed by atoms with E-state index in [2.05, 4.69) is 12.2 Å². The lowest BCUT2D eigenvalue weighted by atomic mass is 9.98. The summed E-state index contributed by atoms with van der Waals surface area (Å²) in [6.07, 6.45) is 3.06. The largest absolute Gasteiger partial charge is 0.314 e. The molecule has 2 rings (SSSR count). The number of hydrogen-bond acceptors (Lipinski definition) is 2. The van der Waals surface area contributed by atoms with Gasteiger partial charge in [0.15, 0.2) is 0 Å². The Morgan fingerprint density at radius 2 is 2.00 bits per heavy atom. The number of nitrogens with one attached hydrogen (secondary N) is 1. The normalized spacial score (nSPS) is 23.7. The van der Waals surface area contributed by atoms with E-state index in [0.29, 0.717) is 6.04 Å². The van der Waals surface area contributed by atoms with Crippen molar-refractivity contribution in [3.63, 3.8) is 0 Å². The number of carbonyl (C=O) groups is 1. The van der Waals surface area contributed by atoms with Gasteiger partial charge in [0.25, 0.3) is 0 Å². The van der Waals surface area contributed by atoms with Gasteiger partial charge >= 0.3 is 0 Å². The minimum Gasteiger partial charge on any atom is -0.314 e. The van der Waals surface area contributed by atoms with Crippen molar-refractivity contribution in [2.75, 3.05) is 11.9 Å². The van der Waals surface area contributed by atoms with Gasteiger partial charge in [-0.05, 0) is 50.5 Å². The van der Waals surface area contributed by atoms with Crippen molar-refractivity contribution in [1.82, 2.24) is 5.32 Å². The van der Waals surface area contributed by atoms with Crippen molar-refractivity contribution in [2.24, 2.45) is 0 Å². The van der Waals surface area contributed by atoms with E-state index in [1.54, 1.807) is 24.1 Å². The predicted octanol–water partition coefficient (Wildman–Crippen LogP) is 2.32. The highest BCUT2D eigenvalue weighted by Gasteiger charge is 2.27. The van der Waals surface area contributed by atoms with E-state index >= 15 is 0 Å². The van der Waals surface area contributed by atoms with E-state index in [-0.39, 0.29) is 17.8 Å². The Labute approximate surface area is 107 Å². The van der Waals surface area contributed by atoms with Crippen LogP contribution < -0.4 is 10.2 Å². The maximum Gasteiger partial charge on any atom is 0.243 e. The predicted molar refractivity (Wildman–Crippen MR) is 70.0 cm³/mol. The van der Waals surface area contributed by atoms with Crippen molar-refractivity contribution >= 4 is 11.6 Å². The number of rotatable bonds is 2. The van der Waals surface area contributed by atoms with Crippen molar-refractivity contribution in [2.45, 2.75) is 38.3 Å². The van der Waals surface area contributed by atoms with Gasteiger partial charge in [0.05, 0.1) is 6.04 Å². The highest BCUT2D eigenvalue weighted by Crippen LogP contribution is 2.18. The van der Waals surface area contributed by atoms with Crippen molar-refractivity contribution in [3.8, 4) is 0 Å². The van der Waals surface area contributed by atoms with E-state index in [0.717, 1.165) is 24.9 Å². The molecule has 0 bridgehead atoms. The maximum atomic E-state index is 12.8. The highest BCUT2D eigenvalue weighted by atomic mass is 19.1. The standard InChI is InChI=1S/C14H19FN2O/c1-10-4-3-5-13(16-10)14(18)17(2)12-8-6-11(15)7-9-12/h6-10,13,16H,3-5H2,1-2H3. The summed E-state index contributed by atoms with van der Waals surface area (Å²) in [5.74, 6) is -0.239. The molecule has 1 aliphatic rings. The number of benzene rings is 1. The van der Waals surface area contributed by atoms with Crippen LogP contribution >= 0.6 is 0 Å². The molecule has 0 aliphatic carbocycles. The lowest BCUT2D eigenvalue weighted by Gasteiger charge is -2.31. The molecule has 2 atom stereocenters. The Balaban J connectivity index is 2.06. The van der Waals surface area contributed by atoms with Crippen LogP contribution in [0.15, 0.2) is 24.3 Å². The van der Waals surface area contributed by atoms with Crippen molar-refractivity contribution in [3.05, 3.63) is 30.1 Å². The van der Waals surface area contributed by atoms with Crippen LogP contribution in [0, 0.1) is 5.82 Å². The molecule has 4 heteroatoms. The van der Waals surface area contributed by atoms with E-state index < -0.39 is 0 Å². The van der Waals surface area contributed by atoms with Crippen LogP contribution in [-0.4, -0.2) is 25.0 Å². The third-order valence-corrected chi connectivity index (χ3v) is 3.46. The first-order valence-electron chi connectivity index (χ1n) is 6.37.